The molecule has 5 nitrogen and oxygen atoms in total. The third-order valence-electron chi connectivity index (χ3n) is 8.26. The molecule has 3 heterocycles. The molecule has 3 aromatic heterocycles. The van der Waals surface area contributed by atoms with Crippen LogP contribution in [-0.4, -0.2) is 19.5 Å². The third kappa shape index (κ3) is 3.83. The van der Waals surface area contributed by atoms with Crippen LogP contribution >= 0.6 is 0 Å². The molecule has 0 amide bonds. The first-order valence-corrected chi connectivity index (χ1v) is 14.6. The van der Waals surface area contributed by atoms with E-state index in [1.54, 1.807) is 0 Å². The minimum Gasteiger partial charge on any atom is -0.455 e. The van der Waals surface area contributed by atoms with Gasteiger partial charge in [-0.05, 0) is 48.5 Å². The Kier molecular flexibility index (Phi) is 5.43. The van der Waals surface area contributed by atoms with E-state index in [1.807, 2.05) is 66.7 Å². The van der Waals surface area contributed by atoms with Gasteiger partial charge in [-0.1, -0.05) is 97.1 Å². The molecule has 0 N–H and O–H groups in total. The van der Waals surface area contributed by atoms with E-state index < -0.39 is 0 Å². The highest BCUT2D eigenvalue weighted by Gasteiger charge is 2.19. The van der Waals surface area contributed by atoms with Crippen LogP contribution in [0.15, 0.2) is 150 Å². The highest BCUT2D eigenvalue weighted by Crippen LogP contribution is 2.37. The van der Waals surface area contributed by atoms with E-state index >= 15 is 0 Å². The van der Waals surface area contributed by atoms with Gasteiger partial charge >= 0.3 is 0 Å². The van der Waals surface area contributed by atoms with Gasteiger partial charge in [-0.3, -0.25) is 0 Å². The van der Waals surface area contributed by atoms with Gasteiger partial charge in [0.15, 0.2) is 17.5 Å². The van der Waals surface area contributed by atoms with Gasteiger partial charge in [-0.2, -0.15) is 0 Å². The van der Waals surface area contributed by atoms with Crippen molar-refractivity contribution in [3.63, 3.8) is 0 Å². The van der Waals surface area contributed by atoms with Crippen molar-refractivity contribution in [2.24, 2.45) is 0 Å². The number of aromatic nitrogens is 4. The number of fused-ring (bicyclic) bond motifs is 6. The first-order chi connectivity index (χ1) is 21.8. The number of hydrogen-bond donors (Lipinski definition) is 0. The SMILES string of the molecule is c1ccc(-c2nc(-c3ccc4c(c3)c3ccccc3n4-c3ccccc3)nc(-c3cccc4c3oc3ccccc34)n2)cc1. The lowest BCUT2D eigenvalue weighted by molar-refractivity contribution is 0.669. The molecule has 0 saturated heterocycles. The first-order valence-electron chi connectivity index (χ1n) is 14.6. The maximum atomic E-state index is 6.38. The van der Waals surface area contributed by atoms with E-state index in [-0.39, 0.29) is 0 Å². The highest BCUT2D eigenvalue weighted by atomic mass is 16.3. The highest BCUT2D eigenvalue weighted by molar-refractivity contribution is 6.11. The topological polar surface area (TPSA) is 56.7 Å². The van der Waals surface area contributed by atoms with Gasteiger partial charge in [0, 0.05) is 38.4 Å². The van der Waals surface area contributed by atoms with Crippen LogP contribution in [0.1, 0.15) is 0 Å². The van der Waals surface area contributed by atoms with Crippen LogP contribution in [-0.2, 0) is 0 Å². The summed E-state index contributed by atoms with van der Waals surface area (Å²) in [5, 5.41) is 4.43. The molecule has 44 heavy (non-hydrogen) atoms. The second-order valence-corrected chi connectivity index (χ2v) is 10.9. The average Bonchev–Trinajstić information content (AvgIpc) is 3.64. The van der Waals surface area contributed by atoms with Crippen LogP contribution in [0.3, 0.4) is 0 Å². The molecule has 6 aromatic carbocycles. The van der Waals surface area contributed by atoms with Crippen LogP contribution in [0.5, 0.6) is 0 Å². The maximum absolute atomic E-state index is 6.38. The number of rotatable bonds is 4. The molecule has 5 heteroatoms. The van der Waals surface area contributed by atoms with Gasteiger partial charge in [-0.25, -0.2) is 15.0 Å². The zero-order valence-corrected chi connectivity index (χ0v) is 23.6. The zero-order chi connectivity index (χ0) is 29.0. The minimum absolute atomic E-state index is 0.574. The van der Waals surface area contributed by atoms with Crippen LogP contribution in [0.4, 0.5) is 0 Å². The number of hydrogen-bond acceptors (Lipinski definition) is 4. The van der Waals surface area contributed by atoms with Gasteiger partial charge in [0.2, 0.25) is 0 Å². The van der Waals surface area contributed by atoms with Crippen molar-refractivity contribution in [3.05, 3.63) is 146 Å². The Bertz CT molecular complexity index is 2490. The van der Waals surface area contributed by atoms with Crippen LogP contribution < -0.4 is 0 Å². The number of para-hydroxylation sites is 4. The van der Waals surface area contributed by atoms with Gasteiger partial charge in [-0.15, -0.1) is 0 Å². The normalized spacial score (nSPS) is 11.6. The zero-order valence-electron chi connectivity index (χ0n) is 23.6. The van der Waals surface area contributed by atoms with Crippen LogP contribution in [0, 0.1) is 0 Å². The van der Waals surface area contributed by atoms with Crippen molar-refractivity contribution in [3.8, 4) is 39.9 Å². The van der Waals surface area contributed by atoms with Gasteiger partial charge in [0.1, 0.15) is 11.2 Å². The van der Waals surface area contributed by atoms with E-state index in [2.05, 4.69) is 83.4 Å². The molecule has 0 unspecified atom stereocenters. The summed E-state index contributed by atoms with van der Waals surface area (Å²) in [6, 6.07) is 49.8. The van der Waals surface area contributed by atoms with E-state index in [0.717, 1.165) is 60.7 Å². The van der Waals surface area contributed by atoms with Gasteiger partial charge in [0.05, 0.1) is 16.6 Å². The fourth-order valence-electron chi connectivity index (χ4n) is 6.23. The number of nitrogens with zero attached hydrogens (tertiary/aromatic N) is 4. The molecule has 206 valence electrons. The molecule has 0 bridgehead atoms. The number of benzene rings is 6. The van der Waals surface area contributed by atoms with Gasteiger partial charge in [0.25, 0.3) is 0 Å². The number of furan rings is 1. The van der Waals surface area contributed by atoms with E-state index in [1.165, 1.54) is 5.39 Å². The molecule has 0 aliphatic rings. The van der Waals surface area contributed by atoms with Crippen molar-refractivity contribution in [2.45, 2.75) is 0 Å². The molecule has 0 saturated carbocycles. The molecule has 0 aliphatic heterocycles. The Morgan fingerprint density at radius 2 is 1.07 bits per heavy atom. The molecule has 0 atom stereocenters. The lowest BCUT2D eigenvalue weighted by Gasteiger charge is -2.10. The summed E-state index contributed by atoms with van der Waals surface area (Å²) in [5.74, 6) is 1.80. The first kappa shape index (κ1) is 24.5. The molecule has 9 aromatic rings. The standard InChI is InChI=1S/C39H24N4O/c1-3-12-25(13-4-1)37-40-38(42-39(41-37)31-19-11-18-30-29-17-8-10-21-35(29)44-36(30)31)26-22-23-34-32(24-26)28-16-7-9-20-33(28)43(34)27-14-5-2-6-15-27/h1-24H. The minimum atomic E-state index is 0.574. The second kappa shape index (κ2) is 9.75. The summed E-state index contributed by atoms with van der Waals surface area (Å²) >= 11 is 0. The largest absolute Gasteiger partial charge is 0.455 e. The Hall–Kier alpha value is -6.07. The predicted octanol–water partition coefficient (Wildman–Crippen LogP) is 9.87. The van der Waals surface area contributed by atoms with E-state index in [4.69, 9.17) is 19.4 Å². The predicted molar refractivity (Wildman–Crippen MR) is 178 cm³/mol. The third-order valence-corrected chi connectivity index (χ3v) is 8.26. The summed E-state index contributed by atoms with van der Waals surface area (Å²) in [4.78, 5) is 15.1. The Morgan fingerprint density at radius 3 is 1.91 bits per heavy atom. The molecule has 0 spiro atoms. The van der Waals surface area contributed by atoms with Crippen LogP contribution in [0.25, 0.3) is 83.6 Å². The van der Waals surface area contributed by atoms with E-state index in [0.29, 0.717) is 17.5 Å². The molecule has 0 fully saturated rings. The summed E-state index contributed by atoms with van der Waals surface area (Å²) in [5.41, 5.74) is 7.70. The monoisotopic (exact) mass is 564 g/mol. The quantitative estimate of drug-likeness (QED) is 0.213. The van der Waals surface area contributed by atoms with Crippen LogP contribution in [0.2, 0.25) is 0 Å². The van der Waals surface area contributed by atoms with E-state index in [9.17, 15) is 0 Å². The molecular formula is C39H24N4O. The average molecular weight is 565 g/mol. The van der Waals surface area contributed by atoms with Crippen molar-refractivity contribution in [2.75, 3.05) is 0 Å². The van der Waals surface area contributed by atoms with Gasteiger partial charge < -0.3 is 8.98 Å². The van der Waals surface area contributed by atoms with Crippen molar-refractivity contribution >= 4 is 43.7 Å². The summed E-state index contributed by atoms with van der Waals surface area (Å²) in [7, 11) is 0. The Labute approximate surface area is 252 Å². The fraction of sp³-hybridized carbons (Fsp3) is 0. The Balaban J connectivity index is 1.29. The Morgan fingerprint density at radius 1 is 0.432 bits per heavy atom. The summed E-state index contributed by atoms with van der Waals surface area (Å²) in [6.07, 6.45) is 0. The lowest BCUT2D eigenvalue weighted by Crippen LogP contribution is -2.00. The maximum Gasteiger partial charge on any atom is 0.167 e. The summed E-state index contributed by atoms with van der Waals surface area (Å²) in [6.45, 7) is 0. The van der Waals surface area contributed by atoms with Crippen molar-refractivity contribution in [1.82, 2.24) is 19.5 Å². The smallest absolute Gasteiger partial charge is 0.167 e. The fourth-order valence-corrected chi connectivity index (χ4v) is 6.23. The summed E-state index contributed by atoms with van der Waals surface area (Å²) < 4.78 is 8.69. The van der Waals surface area contributed by atoms with Crippen molar-refractivity contribution < 1.29 is 4.42 Å². The molecular weight excluding hydrogens is 540 g/mol. The van der Waals surface area contributed by atoms with Crippen molar-refractivity contribution in [1.29, 1.82) is 0 Å². The molecule has 0 aliphatic carbocycles. The molecule has 0 radical (unpaired) electrons. The molecule has 9 rings (SSSR count). The lowest BCUT2D eigenvalue weighted by atomic mass is 10.1. The second-order valence-electron chi connectivity index (χ2n) is 10.9.